The van der Waals surface area contributed by atoms with E-state index in [2.05, 4.69) is 0 Å². The quantitative estimate of drug-likeness (QED) is 0.794. The van der Waals surface area contributed by atoms with Gasteiger partial charge in [0.05, 0.1) is 5.75 Å². The van der Waals surface area contributed by atoms with Gasteiger partial charge >= 0.3 is 0 Å². The highest BCUT2D eigenvalue weighted by atomic mass is 32.2. The SMILES string of the molecule is CCCS(=O)(=O)CCC1(CO)CC2CCC1C2. The van der Waals surface area contributed by atoms with E-state index in [9.17, 15) is 13.5 Å². The van der Waals surface area contributed by atoms with Crippen molar-refractivity contribution in [2.24, 2.45) is 17.3 Å². The number of sulfone groups is 1. The molecule has 3 unspecified atom stereocenters. The van der Waals surface area contributed by atoms with Crippen LogP contribution in [-0.4, -0.2) is 31.6 Å². The average Bonchev–Trinajstić information content (AvgIpc) is 2.87. The smallest absolute Gasteiger partial charge is 0.150 e. The number of aliphatic hydroxyl groups excluding tert-OH is 1. The molecule has 2 aliphatic rings. The van der Waals surface area contributed by atoms with E-state index < -0.39 is 9.84 Å². The number of hydrogen-bond donors (Lipinski definition) is 1. The highest BCUT2D eigenvalue weighted by molar-refractivity contribution is 7.91. The Balaban J connectivity index is 1.97. The molecule has 4 heteroatoms. The van der Waals surface area contributed by atoms with Gasteiger partial charge < -0.3 is 5.11 Å². The Labute approximate surface area is 105 Å². The largest absolute Gasteiger partial charge is 0.396 e. The van der Waals surface area contributed by atoms with Crippen LogP contribution in [0.1, 0.15) is 45.4 Å². The van der Waals surface area contributed by atoms with E-state index in [0.29, 0.717) is 24.5 Å². The van der Waals surface area contributed by atoms with Crippen molar-refractivity contribution in [1.82, 2.24) is 0 Å². The van der Waals surface area contributed by atoms with E-state index in [1.165, 1.54) is 19.3 Å². The summed E-state index contributed by atoms with van der Waals surface area (Å²) in [5.74, 6) is 1.89. The predicted molar refractivity (Wildman–Crippen MR) is 68.5 cm³/mol. The number of fused-ring (bicyclic) bond motifs is 2. The second-order valence-electron chi connectivity index (χ2n) is 6.00. The van der Waals surface area contributed by atoms with Gasteiger partial charge in [0.15, 0.2) is 0 Å². The molecule has 2 fully saturated rings. The minimum atomic E-state index is -2.90. The van der Waals surface area contributed by atoms with Crippen molar-refractivity contribution in [3.8, 4) is 0 Å². The van der Waals surface area contributed by atoms with E-state index in [-0.39, 0.29) is 17.8 Å². The van der Waals surface area contributed by atoms with Gasteiger partial charge in [0, 0.05) is 12.4 Å². The van der Waals surface area contributed by atoms with Gasteiger partial charge in [-0.2, -0.15) is 0 Å². The summed E-state index contributed by atoms with van der Waals surface area (Å²) in [5, 5.41) is 9.67. The van der Waals surface area contributed by atoms with Gasteiger partial charge in [0.25, 0.3) is 0 Å². The summed E-state index contributed by atoms with van der Waals surface area (Å²) in [6.45, 7) is 2.08. The summed E-state index contributed by atoms with van der Waals surface area (Å²) >= 11 is 0. The highest BCUT2D eigenvalue weighted by Gasteiger charge is 2.50. The zero-order valence-electron chi connectivity index (χ0n) is 10.7. The van der Waals surface area contributed by atoms with Crippen LogP contribution in [0.25, 0.3) is 0 Å². The van der Waals surface area contributed by atoms with Gasteiger partial charge in [-0.3, -0.25) is 0 Å². The lowest BCUT2D eigenvalue weighted by Gasteiger charge is -2.36. The first kappa shape index (κ1) is 13.3. The van der Waals surface area contributed by atoms with E-state index >= 15 is 0 Å². The number of hydrogen-bond acceptors (Lipinski definition) is 3. The Morgan fingerprint density at radius 3 is 2.53 bits per heavy atom. The minimum absolute atomic E-state index is 0.0657. The van der Waals surface area contributed by atoms with Gasteiger partial charge in [-0.25, -0.2) is 8.42 Å². The molecule has 0 saturated heterocycles. The first-order valence-corrected chi connectivity index (χ1v) is 8.65. The van der Waals surface area contributed by atoms with Crippen molar-refractivity contribution in [3.63, 3.8) is 0 Å². The molecule has 17 heavy (non-hydrogen) atoms. The summed E-state index contributed by atoms with van der Waals surface area (Å²) in [5.41, 5.74) is -0.0657. The molecule has 0 amide bonds. The second kappa shape index (κ2) is 4.88. The fourth-order valence-corrected chi connectivity index (χ4v) is 5.45. The topological polar surface area (TPSA) is 54.4 Å². The fourth-order valence-electron chi connectivity index (χ4n) is 3.91. The molecule has 0 radical (unpaired) electrons. The third-order valence-corrected chi connectivity index (χ3v) is 6.70. The summed E-state index contributed by atoms with van der Waals surface area (Å²) < 4.78 is 23.5. The Bertz CT molecular complexity index is 363. The molecule has 2 bridgehead atoms. The molecule has 1 N–H and O–H groups in total. The summed E-state index contributed by atoms with van der Waals surface area (Å²) in [7, 11) is -2.90. The fraction of sp³-hybridized carbons (Fsp3) is 1.00. The van der Waals surface area contributed by atoms with E-state index in [0.717, 1.165) is 12.3 Å². The lowest BCUT2D eigenvalue weighted by Crippen LogP contribution is -2.34. The molecule has 0 aromatic rings. The number of aliphatic hydroxyl groups is 1. The Kier molecular flexibility index (Phi) is 3.83. The van der Waals surface area contributed by atoms with Crippen LogP contribution in [0.5, 0.6) is 0 Å². The summed E-state index contributed by atoms with van der Waals surface area (Å²) in [6.07, 6.45) is 6.12. The first-order chi connectivity index (χ1) is 8.01. The molecule has 0 aromatic carbocycles. The Morgan fingerprint density at radius 2 is 2.06 bits per heavy atom. The number of rotatable bonds is 6. The van der Waals surface area contributed by atoms with Gasteiger partial charge in [0.2, 0.25) is 0 Å². The van der Waals surface area contributed by atoms with Crippen LogP contribution in [-0.2, 0) is 9.84 Å². The molecule has 0 heterocycles. The van der Waals surface area contributed by atoms with Gasteiger partial charge in [0.1, 0.15) is 9.84 Å². The van der Waals surface area contributed by atoms with Crippen LogP contribution in [0.3, 0.4) is 0 Å². The molecule has 3 atom stereocenters. The molecule has 0 aliphatic heterocycles. The summed E-state index contributed by atoms with van der Waals surface area (Å²) in [4.78, 5) is 0. The molecular formula is C13H24O3S. The highest BCUT2D eigenvalue weighted by Crippen LogP contribution is 2.57. The van der Waals surface area contributed by atoms with Crippen LogP contribution >= 0.6 is 0 Å². The third kappa shape index (κ3) is 2.68. The molecule has 3 nitrogen and oxygen atoms in total. The average molecular weight is 260 g/mol. The molecule has 100 valence electrons. The van der Waals surface area contributed by atoms with E-state index in [4.69, 9.17) is 0 Å². The maximum Gasteiger partial charge on any atom is 0.150 e. The lowest BCUT2D eigenvalue weighted by atomic mass is 9.72. The minimum Gasteiger partial charge on any atom is -0.396 e. The maximum absolute atomic E-state index is 11.8. The van der Waals surface area contributed by atoms with Crippen molar-refractivity contribution in [2.45, 2.75) is 45.4 Å². The van der Waals surface area contributed by atoms with Gasteiger partial charge in [-0.1, -0.05) is 13.3 Å². The van der Waals surface area contributed by atoms with Crippen molar-refractivity contribution in [1.29, 1.82) is 0 Å². The first-order valence-electron chi connectivity index (χ1n) is 6.82. The Hall–Kier alpha value is -0.0900. The molecule has 2 aliphatic carbocycles. The molecular weight excluding hydrogens is 236 g/mol. The van der Waals surface area contributed by atoms with Crippen molar-refractivity contribution < 1.29 is 13.5 Å². The third-order valence-electron chi connectivity index (χ3n) is 4.84. The van der Waals surface area contributed by atoms with Crippen molar-refractivity contribution >= 4 is 9.84 Å². The van der Waals surface area contributed by atoms with E-state index in [1.54, 1.807) is 0 Å². The molecule has 2 rings (SSSR count). The van der Waals surface area contributed by atoms with Crippen molar-refractivity contribution in [2.75, 3.05) is 18.1 Å². The summed E-state index contributed by atoms with van der Waals surface area (Å²) in [6, 6.07) is 0. The van der Waals surface area contributed by atoms with Crippen LogP contribution < -0.4 is 0 Å². The predicted octanol–water partition coefficient (Wildman–Crippen LogP) is 2.00. The van der Waals surface area contributed by atoms with Crippen molar-refractivity contribution in [3.05, 3.63) is 0 Å². The van der Waals surface area contributed by atoms with E-state index in [1.807, 2.05) is 6.92 Å². The second-order valence-corrected chi connectivity index (χ2v) is 8.31. The zero-order valence-corrected chi connectivity index (χ0v) is 11.5. The lowest BCUT2D eigenvalue weighted by molar-refractivity contribution is 0.0619. The van der Waals surface area contributed by atoms with Gasteiger partial charge in [-0.15, -0.1) is 0 Å². The normalized spacial score (nSPS) is 36.6. The molecule has 0 aromatic heterocycles. The van der Waals surface area contributed by atoms with Gasteiger partial charge in [-0.05, 0) is 49.4 Å². The Morgan fingerprint density at radius 1 is 1.29 bits per heavy atom. The van der Waals surface area contributed by atoms with Crippen LogP contribution in [0.15, 0.2) is 0 Å². The maximum atomic E-state index is 11.8. The van der Waals surface area contributed by atoms with Crippen LogP contribution in [0.2, 0.25) is 0 Å². The molecule has 0 spiro atoms. The zero-order chi connectivity index (χ0) is 12.5. The molecule has 2 saturated carbocycles. The van der Waals surface area contributed by atoms with Crippen LogP contribution in [0.4, 0.5) is 0 Å². The standard InChI is InChI=1S/C13H24O3S/c1-2-6-17(15,16)7-5-13(10-14)9-11-3-4-12(13)8-11/h11-12,14H,2-10H2,1H3. The van der Waals surface area contributed by atoms with Crippen LogP contribution in [0, 0.1) is 17.3 Å². The monoisotopic (exact) mass is 260 g/mol.